The minimum Gasteiger partial charge on any atom is -0.469 e. The Kier molecular flexibility index (Phi) is 3.97. The maximum absolute atomic E-state index is 13.0. The van der Waals surface area contributed by atoms with Crippen LogP contribution in [-0.2, 0) is 9.53 Å². The molecule has 15 heavy (non-hydrogen) atoms. The molecule has 0 N–H and O–H groups in total. The lowest BCUT2D eigenvalue weighted by Gasteiger charge is -1.96. The third-order valence-corrected chi connectivity index (χ3v) is 1.77. The minimum atomic E-state index is -0.530. The first-order valence-corrected chi connectivity index (χ1v) is 4.32. The van der Waals surface area contributed by atoms with Crippen LogP contribution in [0.25, 0.3) is 6.08 Å². The second kappa shape index (κ2) is 5.24. The van der Waals surface area contributed by atoms with Gasteiger partial charge in [0.05, 0.1) is 13.5 Å². The average Bonchev–Trinajstić information content (AvgIpc) is 2.23. The number of halogens is 2. The third kappa shape index (κ3) is 3.50. The van der Waals surface area contributed by atoms with E-state index in [0.29, 0.717) is 0 Å². The molecular weight excluding hydrogens is 202 g/mol. The first-order chi connectivity index (χ1) is 7.13. The fourth-order valence-electron chi connectivity index (χ4n) is 1.01. The quantitative estimate of drug-likeness (QED) is 0.719. The largest absolute Gasteiger partial charge is 0.469 e. The summed E-state index contributed by atoms with van der Waals surface area (Å²) in [6.07, 6.45) is 2.80. The summed E-state index contributed by atoms with van der Waals surface area (Å²) >= 11 is 0. The van der Waals surface area contributed by atoms with Crippen molar-refractivity contribution in [3.05, 3.63) is 41.5 Å². The lowest BCUT2D eigenvalue weighted by molar-refractivity contribution is -0.139. The summed E-state index contributed by atoms with van der Waals surface area (Å²) in [5.74, 6) is -1.48. The molecule has 80 valence electrons. The fourth-order valence-corrected chi connectivity index (χ4v) is 1.01. The van der Waals surface area contributed by atoms with Crippen LogP contribution in [-0.4, -0.2) is 13.1 Å². The Bertz CT molecular complexity index is 386. The number of methoxy groups -OCH3 is 1. The van der Waals surface area contributed by atoms with Crippen LogP contribution in [0.5, 0.6) is 0 Å². The van der Waals surface area contributed by atoms with Crippen molar-refractivity contribution in [2.24, 2.45) is 0 Å². The number of carbonyl (C=O) groups excluding carboxylic acids is 1. The van der Waals surface area contributed by atoms with E-state index in [1.165, 1.54) is 19.3 Å². The molecule has 0 aromatic heterocycles. The molecule has 1 aromatic carbocycles. The third-order valence-electron chi connectivity index (χ3n) is 1.77. The highest BCUT2D eigenvalue weighted by molar-refractivity contribution is 5.72. The number of benzene rings is 1. The lowest BCUT2D eigenvalue weighted by atomic mass is 10.2. The summed E-state index contributed by atoms with van der Waals surface area (Å²) in [5.41, 5.74) is 0.110. The molecule has 0 aliphatic carbocycles. The molecular formula is C11H10F2O2. The Morgan fingerprint density at radius 1 is 1.47 bits per heavy atom. The van der Waals surface area contributed by atoms with Gasteiger partial charge >= 0.3 is 5.97 Å². The van der Waals surface area contributed by atoms with E-state index in [9.17, 15) is 13.6 Å². The van der Waals surface area contributed by atoms with Gasteiger partial charge in [-0.1, -0.05) is 12.2 Å². The van der Waals surface area contributed by atoms with Gasteiger partial charge in [-0.25, -0.2) is 8.78 Å². The Balaban J connectivity index is 2.71. The van der Waals surface area contributed by atoms with Crippen molar-refractivity contribution in [2.45, 2.75) is 6.42 Å². The van der Waals surface area contributed by atoms with E-state index in [1.54, 1.807) is 0 Å². The zero-order chi connectivity index (χ0) is 11.3. The molecule has 0 heterocycles. The van der Waals surface area contributed by atoms with E-state index in [4.69, 9.17) is 0 Å². The topological polar surface area (TPSA) is 26.3 Å². The monoisotopic (exact) mass is 212 g/mol. The van der Waals surface area contributed by atoms with Crippen molar-refractivity contribution < 1.29 is 18.3 Å². The van der Waals surface area contributed by atoms with E-state index in [1.807, 2.05) is 0 Å². The van der Waals surface area contributed by atoms with Crippen LogP contribution in [0, 0.1) is 11.6 Å². The highest BCUT2D eigenvalue weighted by Gasteiger charge is 2.00. The fraction of sp³-hybridized carbons (Fsp3) is 0.182. The summed E-state index contributed by atoms with van der Waals surface area (Å²) in [6, 6.07) is 3.13. The maximum atomic E-state index is 13.0. The van der Waals surface area contributed by atoms with Gasteiger partial charge in [0.15, 0.2) is 0 Å². The summed E-state index contributed by atoms with van der Waals surface area (Å²) in [5, 5.41) is 0. The van der Waals surface area contributed by atoms with Crippen LogP contribution in [0.2, 0.25) is 0 Å². The number of rotatable bonds is 3. The molecule has 1 aromatic rings. The van der Waals surface area contributed by atoms with Gasteiger partial charge in [0.2, 0.25) is 0 Å². The van der Waals surface area contributed by atoms with Crippen LogP contribution in [0.15, 0.2) is 24.3 Å². The van der Waals surface area contributed by atoms with Crippen LogP contribution >= 0.6 is 0 Å². The van der Waals surface area contributed by atoms with Crippen molar-refractivity contribution in [3.8, 4) is 0 Å². The van der Waals surface area contributed by atoms with E-state index < -0.39 is 17.6 Å². The number of carbonyl (C=O) groups is 1. The highest BCUT2D eigenvalue weighted by atomic mass is 19.1. The van der Waals surface area contributed by atoms with E-state index >= 15 is 0 Å². The number of esters is 1. The lowest BCUT2D eigenvalue weighted by Crippen LogP contribution is -1.96. The summed E-state index contributed by atoms with van der Waals surface area (Å²) in [4.78, 5) is 10.7. The first-order valence-electron chi connectivity index (χ1n) is 4.32. The van der Waals surface area contributed by atoms with Crippen molar-refractivity contribution in [2.75, 3.05) is 7.11 Å². The number of hydrogen-bond acceptors (Lipinski definition) is 2. The molecule has 0 unspecified atom stereocenters. The number of ether oxygens (including phenoxy) is 1. The Morgan fingerprint density at radius 2 is 2.20 bits per heavy atom. The smallest absolute Gasteiger partial charge is 0.309 e. The second-order valence-corrected chi connectivity index (χ2v) is 2.85. The summed E-state index contributed by atoms with van der Waals surface area (Å²) in [7, 11) is 1.26. The Morgan fingerprint density at radius 3 is 2.87 bits per heavy atom. The molecule has 0 radical (unpaired) electrons. The van der Waals surface area contributed by atoms with E-state index in [0.717, 1.165) is 18.2 Å². The van der Waals surface area contributed by atoms with Crippen molar-refractivity contribution in [1.82, 2.24) is 0 Å². The number of hydrogen-bond donors (Lipinski definition) is 0. The second-order valence-electron chi connectivity index (χ2n) is 2.85. The summed E-state index contributed by atoms with van der Waals surface area (Å²) < 4.78 is 30.1. The summed E-state index contributed by atoms with van der Waals surface area (Å²) in [6.45, 7) is 0. The molecule has 0 aliphatic rings. The normalized spacial score (nSPS) is 10.6. The predicted octanol–water partition coefficient (Wildman–Crippen LogP) is 2.54. The molecule has 1 rings (SSSR count). The van der Waals surface area contributed by atoms with Gasteiger partial charge in [-0.15, -0.1) is 0 Å². The Labute approximate surface area is 86.2 Å². The van der Waals surface area contributed by atoms with Crippen LogP contribution in [0.1, 0.15) is 12.0 Å². The van der Waals surface area contributed by atoms with Crippen LogP contribution in [0.4, 0.5) is 8.78 Å². The van der Waals surface area contributed by atoms with Gasteiger partial charge in [-0.3, -0.25) is 4.79 Å². The van der Waals surface area contributed by atoms with E-state index in [-0.39, 0.29) is 12.0 Å². The Hall–Kier alpha value is -1.71. The SMILES string of the molecule is COC(=O)CC=Cc1cc(F)ccc1F. The molecule has 0 amide bonds. The molecule has 4 heteroatoms. The van der Waals surface area contributed by atoms with Crippen molar-refractivity contribution >= 4 is 12.0 Å². The highest BCUT2D eigenvalue weighted by Crippen LogP contribution is 2.11. The molecule has 0 fully saturated rings. The molecule has 0 aliphatic heterocycles. The maximum Gasteiger partial charge on any atom is 0.309 e. The molecule has 2 nitrogen and oxygen atoms in total. The zero-order valence-electron chi connectivity index (χ0n) is 8.17. The molecule has 0 bridgehead atoms. The minimum absolute atomic E-state index is 0.0342. The van der Waals surface area contributed by atoms with Gasteiger partial charge in [-0.05, 0) is 18.2 Å². The standard InChI is InChI=1S/C11H10F2O2/c1-15-11(14)4-2-3-8-7-9(12)5-6-10(8)13/h2-3,5-7H,4H2,1H3. The van der Waals surface area contributed by atoms with Crippen LogP contribution < -0.4 is 0 Å². The molecule has 0 saturated heterocycles. The molecule has 0 spiro atoms. The van der Waals surface area contributed by atoms with Crippen molar-refractivity contribution in [3.63, 3.8) is 0 Å². The van der Waals surface area contributed by atoms with Crippen LogP contribution in [0.3, 0.4) is 0 Å². The first kappa shape index (κ1) is 11.4. The zero-order valence-corrected chi connectivity index (χ0v) is 8.17. The van der Waals surface area contributed by atoms with Gasteiger partial charge < -0.3 is 4.74 Å². The van der Waals surface area contributed by atoms with Crippen molar-refractivity contribution in [1.29, 1.82) is 0 Å². The van der Waals surface area contributed by atoms with Gasteiger partial charge in [-0.2, -0.15) is 0 Å². The predicted molar refractivity (Wildman–Crippen MR) is 52.0 cm³/mol. The van der Waals surface area contributed by atoms with Gasteiger partial charge in [0.1, 0.15) is 11.6 Å². The average molecular weight is 212 g/mol. The van der Waals surface area contributed by atoms with E-state index in [2.05, 4.69) is 4.74 Å². The molecule has 0 atom stereocenters. The molecule has 0 saturated carbocycles. The van der Waals surface area contributed by atoms with Gasteiger partial charge in [0.25, 0.3) is 0 Å². The van der Waals surface area contributed by atoms with Gasteiger partial charge in [0, 0.05) is 5.56 Å².